The van der Waals surface area contributed by atoms with Gasteiger partial charge in [-0.25, -0.2) is 0 Å². The van der Waals surface area contributed by atoms with E-state index in [2.05, 4.69) is 26.6 Å². The minimum atomic E-state index is -0.300. The SMILES string of the molecule is C=CCNC(=O)c1snc(-c2ccccn2)c1NC(=O)CC. The summed E-state index contributed by atoms with van der Waals surface area (Å²) in [6.45, 7) is 5.64. The standard InChI is InChI=1S/C15H16N4O2S/c1-3-8-17-15(21)14-13(18-11(20)4-2)12(19-22-14)10-7-5-6-9-16-10/h3,5-7,9H,1,4,8H2,2H3,(H,17,21)(H,18,20). The minimum Gasteiger partial charge on any atom is -0.348 e. The average Bonchev–Trinajstić information content (AvgIpc) is 2.96. The predicted octanol–water partition coefficient (Wildman–Crippen LogP) is 2.47. The maximum atomic E-state index is 12.2. The summed E-state index contributed by atoms with van der Waals surface area (Å²) in [6, 6.07) is 5.39. The molecule has 0 bridgehead atoms. The molecule has 0 saturated carbocycles. The van der Waals surface area contributed by atoms with Crippen molar-refractivity contribution in [2.24, 2.45) is 0 Å². The van der Waals surface area contributed by atoms with Gasteiger partial charge in [-0.2, -0.15) is 4.37 Å². The molecule has 0 aliphatic rings. The zero-order valence-electron chi connectivity index (χ0n) is 12.1. The van der Waals surface area contributed by atoms with Gasteiger partial charge in [0.2, 0.25) is 5.91 Å². The smallest absolute Gasteiger partial charge is 0.265 e. The molecule has 0 unspecified atom stereocenters. The number of pyridine rings is 1. The Morgan fingerprint density at radius 3 is 2.86 bits per heavy atom. The Morgan fingerprint density at radius 2 is 2.23 bits per heavy atom. The highest BCUT2D eigenvalue weighted by Crippen LogP contribution is 2.32. The summed E-state index contributed by atoms with van der Waals surface area (Å²) >= 11 is 1.03. The quantitative estimate of drug-likeness (QED) is 0.802. The van der Waals surface area contributed by atoms with E-state index in [1.807, 2.05) is 6.07 Å². The maximum Gasteiger partial charge on any atom is 0.265 e. The topological polar surface area (TPSA) is 84.0 Å². The highest BCUT2D eigenvalue weighted by Gasteiger charge is 2.22. The van der Waals surface area contributed by atoms with Gasteiger partial charge in [0, 0.05) is 19.2 Å². The van der Waals surface area contributed by atoms with Crippen LogP contribution in [-0.2, 0) is 4.79 Å². The third-order valence-electron chi connectivity index (χ3n) is 2.80. The molecular formula is C15H16N4O2S. The molecule has 7 heteroatoms. The first kappa shape index (κ1) is 15.8. The molecule has 2 aromatic heterocycles. The molecule has 2 N–H and O–H groups in total. The Labute approximate surface area is 132 Å². The van der Waals surface area contributed by atoms with E-state index in [0.29, 0.717) is 34.9 Å². The molecule has 2 amide bonds. The van der Waals surface area contributed by atoms with Gasteiger partial charge in [0.1, 0.15) is 10.6 Å². The van der Waals surface area contributed by atoms with Crippen molar-refractivity contribution < 1.29 is 9.59 Å². The fraction of sp³-hybridized carbons (Fsp3) is 0.200. The second kappa shape index (κ2) is 7.46. The van der Waals surface area contributed by atoms with Gasteiger partial charge >= 0.3 is 0 Å². The number of carbonyl (C=O) groups is 2. The molecule has 2 rings (SSSR count). The molecule has 0 aromatic carbocycles. The first-order valence-corrected chi connectivity index (χ1v) is 7.54. The van der Waals surface area contributed by atoms with Gasteiger partial charge in [-0.15, -0.1) is 6.58 Å². The molecule has 0 fully saturated rings. The first-order valence-electron chi connectivity index (χ1n) is 6.77. The number of hydrogen-bond acceptors (Lipinski definition) is 5. The van der Waals surface area contributed by atoms with Crippen LogP contribution in [0.5, 0.6) is 0 Å². The molecule has 22 heavy (non-hydrogen) atoms. The van der Waals surface area contributed by atoms with Gasteiger partial charge in [-0.3, -0.25) is 14.6 Å². The van der Waals surface area contributed by atoms with E-state index in [4.69, 9.17) is 0 Å². The van der Waals surface area contributed by atoms with E-state index in [-0.39, 0.29) is 11.8 Å². The molecular weight excluding hydrogens is 300 g/mol. The zero-order valence-corrected chi connectivity index (χ0v) is 12.9. The Kier molecular flexibility index (Phi) is 5.37. The third-order valence-corrected chi connectivity index (χ3v) is 3.64. The largest absolute Gasteiger partial charge is 0.348 e. The van der Waals surface area contributed by atoms with E-state index < -0.39 is 0 Å². The van der Waals surface area contributed by atoms with Crippen molar-refractivity contribution in [3.8, 4) is 11.4 Å². The van der Waals surface area contributed by atoms with Crippen LogP contribution in [0.15, 0.2) is 37.1 Å². The van der Waals surface area contributed by atoms with Crippen LogP contribution in [0.1, 0.15) is 23.0 Å². The van der Waals surface area contributed by atoms with Crippen molar-refractivity contribution in [1.29, 1.82) is 0 Å². The summed E-state index contributed by atoms with van der Waals surface area (Å²) in [7, 11) is 0. The van der Waals surface area contributed by atoms with E-state index >= 15 is 0 Å². The highest BCUT2D eigenvalue weighted by molar-refractivity contribution is 7.09. The number of nitrogens with one attached hydrogen (secondary N) is 2. The van der Waals surface area contributed by atoms with Gasteiger partial charge in [-0.1, -0.05) is 19.1 Å². The summed E-state index contributed by atoms with van der Waals surface area (Å²) in [5.41, 5.74) is 1.50. The number of rotatable bonds is 6. The molecule has 6 nitrogen and oxygen atoms in total. The Balaban J connectivity index is 2.42. The second-order valence-electron chi connectivity index (χ2n) is 4.35. The molecule has 0 saturated heterocycles. The highest BCUT2D eigenvalue weighted by atomic mass is 32.1. The Morgan fingerprint density at radius 1 is 1.41 bits per heavy atom. The maximum absolute atomic E-state index is 12.2. The van der Waals surface area contributed by atoms with E-state index in [9.17, 15) is 9.59 Å². The van der Waals surface area contributed by atoms with Crippen molar-refractivity contribution in [2.75, 3.05) is 11.9 Å². The summed E-state index contributed by atoms with van der Waals surface area (Å²) < 4.78 is 4.28. The summed E-state index contributed by atoms with van der Waals surface area (Å²) in [6.07, 6.45) is 3.53. The van der Waals surface area contributed by atoms with Crippen LogP contribution in [0.3, 0.4) is 0 Å². The van der Waals surface area contributed by atoms with Gasteiger partial charge in [0.25, 0.3) is 5.91 Å². The van der Waals surface area contributed by atoms with Crippen molar-refractivity contribution in [1.82, 2.24) is 14.7 Å². The van der Waals surface area contributed by atoms with Crippen LogP contribution in [0, 0.1) is 0 Å². The fourth-order valence-electron chi connectivity index (χ4n) is 1.71. The van der Waals surface area contributed by atoms with Crippen LogP contribution in [0.25, 0.3) is 11.4 Å². The van der Waals surface area contributed by atoms with Gasteiger partial charge in [-0.05, 0) is 23.7 Å². The lowest BCUT2D eigenvalue weighted by Crippen LogP contribution is -2.24. The Bertz CT molecular complexity index is 682. The van der Waals surface area contributed by atoms with E-state index in [0.717, 1.165) is 11.5 Å². The lowest BCUT2D eigenvalue weighted by atomic mass is 10.2. The van der Waals surface area contributed by atoms with Crippen LogP contribution >= 0.6 is 11.5 Å². The number of carbonyl (C=O) groups excluding carboxylic acids is 2. The van der Waals surface area contributed by atoms with Crippen molar-refractivity contribution in [2.45, 2.75) is 13.3 Å². The van der Waals surface area contributed by atoms with Gasteiger partial charge < -0.3 is 10.6 Å². The fourth-order valence-corrected chi connectivity index (χ4v) is 2.47. The zero-order chi connectivity index (χ0) is 15.9. The first-order chi connectivity index (χ1) is 10.7. The van der Waals surface area contributed by atoms with Crippen LogP contribution in [0.2, 0.25) is 0 Å². The third kappa shape index (κ3) is 3.56. The normalized spacial score (nSPS) is 10.0. The molecule has 0 radical (unpaired) electrons. The number of aromatic nitrogens is 2. The second-order valence-corrected chi connectivity index (χ2v) is 5.12. The number of anilines is 1. The molecule has 0 aliphatic heterocycles. The molecule has 114 valence electrons. The lowest BCUT2D eigenvalue weighted by molar-refractivity contribution is -0.115. The molecule has 0 spiro atoms. The number of amides is 2. The summed E-state index contributed by atoms with van der Waals surface area (Å²) in [5, 5.41) is 5.43. The monoisotopic (exact) mass is 316 g/mol. The van der Waals surface area contributed by atoms with Crippen molar-refractivity contribution in [3.63, 3.8) is 0 Å². The predicted molar refractivity (Wildman–Crippen MR) is 86.8 cm³/mol. The number of nitrogens with zero attached hydrogens (tertiary/aromatic N) is 2. The van der Waals surface area contributed by atoms with Crippen molar-refractivity contribution in [3.05, 3.63) is 41.9 Å². The van der Waals surface area contributed by atoms with E-state index in [1.54, 1.807) is 31.3 Å². The van der Waals surface area contributed by atoms with Gasteiger partial charge in [0.05, 0.1) is 11.4 Å². The van der Waals surface area contributed by atoms with Crippen molar-refractivity contribution >= 4 is 29.0 Å². The lowest BCUT2D eigenvalue weighted by Gasteiger charge is -2.07. The average molecular weight is 316 g/mol. The Hall–Kier alpha value is -2.54. The summed E-state index contributed by atoms with van der Waals surface area (Å²) in [5.74, 6) is -0.485. The van der Waals surface area contributed by atoms with Gasteiger partial charge in [0.15, 0.2) is 0 Å². The molecule has 2 heterocycles. The molecule has 2 aromatic rings. The molecule has 0 aliphatic carbocycles. The van der Waals surface area contributed by atoms with Crippen LogP contribution in [-0.4, -0.2) is 27.7 Å². The minimum absolute atomic E-state index is 0.185. The number of hydrogen-bond donors (Lipinski definition) is 2. The van der Waals surface area contributed by atoms with Crippen LogP contribution < -0.4 is 10.6 Å². The molecule has 0 atom stereocenters. The summed E-state index contributed by atoms with van der Waals surface area (Å²) in [4.78, 5) is 28.5. The van der Waals surface area contributed by atoms with Crippen LogP contribution in [0.4, 0.5) is 5.69 Å². The van der Waals surface area contributed by atoms with E-state index in [1.165, 1.54) is 0 Å².